The van der Waals surface area contributed by atoms with Crippen molar-refractivity contribution in [3.05, 3.63) is 0 Å². The lowest BCUT2D eigenvalue weighted by Crippen LogP contribution is -2.51. The van der Waals surface area contributed by atoms with Crippen LogP contribution in [0.5, 0.6) is 0 Å². The Balaban J connectivity index is 4.56. The van der Waals surface area contributed by atoms with Gasteiger partial charge in [0.1, 0.15) is 0 Å². The van der Waals surface area contributed by atoms with E-state index in [1.165, 1.54) is 4.90 Å². The van der Waals surface area contributed by atoms with E-state index in [4.69, 9.17) is 5.84 Å². The number of amides is 2. The molecule has 0 saturated heterocycles. The molecular formula is C10H22N4O2. The maximum Gasteiger partial charge on any atom is 0.251 e. The molecule has 0 aliphatic heterocycles. The highest BCUT2D eigenvalue weighted by molar-refractivity contribution is 5.83. The number of hydrogen-bond donors (Lipinski definition) is 2. The molecule has 0 radical (unpaired) electrons. The minimum absolute atomic E-state index is 0.0230. The van der Waals surface area contributed by atoms with E-state index < -0.39 is 0 Å². The highest BCUT2D eigenvalue weighted by Gasteiger charge is 2.24. The van der Waals surface area contributed by atoms with Gasteiger partial charge in [-0.1, -0.05) is 13.8 Å². The van der Waals surface area contributed by atoms with E-state index in [1.807, 2.05) is 18.7 Å². The fraction of sp³-hybridized carbons (Fsp3) is 0.800. The summed E-state index contributed by atoms with van der Waals surface area (Å²) in [7, 11) is 3.39. The quantitative estimate of drug-likeness (QED) is 0.354. The molecule has 6 nitrogen and oxygen atoms in total. The van der Waals surface area contributed by atoms with Crippen molar-refractivity contribution < 1.29 is 9.59 Å². The molecule has 0 heterocycles. The highest BCUT2D eigenvalue weighted by Crippen LogP contribution is 2.04. The number of carbonyl (C=O) groups excluding carboxylic acids is 2. The van der Waals surface area contributed by atoms with Crippen LogP contribution in [0, 0.1) is 0 Å². The fourth-order valence-electron chi connectivity index (χ4n) is 1.46. The van der Waals surface area contributed by atoms with Gasteiger partial charge in [0.25, 0.3) is 5.91 Å². The summed E-state index contributed by atoms with van der Waals surface area (Å²) >= 11 is 0. The average Bonchev–Trinajstić information content (AvgIpc) is 2.27. The normalized spacial score (nSPS) is 12.4. The van der Waals surface area contributed by atoms with Gasteiger partial charge in [-0.15, -0.1) is 0 Å². The first-order valence-corrected chi connectivity index (χ1v) is 5.42. The first-order valence-electron chi connectivity index (χ1n) is 5.42. The summed E-state index contributed by atoms with van der Waals surface area (Å²) < 4.78 is 0. The smallest absolute Gasteiger partial charge is 0.251 e. The van der Waals surface area contributed by atoms with Gasteiger partial charge in [0, 0.05) is 14.1 Å². The highest BCUT2D eigenvalue weighted by atomic mass is 16.2. The van der Waals surface area contributed by atoms with Crippen LogP contribution in [0.3, 0.4) is 0 Å². The molecule has 0 saturated carbocycles. The van der Waals surface area contributed by atoms with E-state index in [0.717, 1.165) is 0 Å². The van der Waals surface area contributed by atoms with Crippen molar-refractivity contribution in [2.75, 3.05) is 27.2 Å². The summed E-state index contributed by atoms with van der Waals surface area (Å²) in [5.41, 5.74) is 2.13. The molecule has 0 aromatic heterocycles. The van der Waals surface area contributed by atoms with Gasteiger partial charge < -0.3 is 4.90 Å². The summed E-state index contributed by atoms with van der Waals surface area (Å²) in [5.74, 6) is 4.83. The molecule has 94 valence electrons. The minimum atomic E-state index is -0.348. The Morgan fingerprint density at radius 2 is 1.88 bits per heavy atom. The summed E-state index contributed by atoms with van der Waals surface area (Å²) in [6.45, 7) is 4.67. The predicted octanol–water partition coefficient (Wildman–Crippen LogP) is -0.835. The number of likely N-dealkylation sites (N-methyl/N-ethyl adjacent to an activating group) is 2. The molecule has 0 bridgehead atoms. The Morgan fingerprint density at radius 1 is 1.31 bits per heavy atom. The van der Waals surface area contributed by atoms with Crippen LogP contribution in [0.15, 0.2) is 0 Å². The van der Waals surface area contributed by atoms with E-state index in [-0.39, 0.29) is 24.4 Å². The zero-order valence-corrected chi connectivity index (χ0v) is 10.5. The Hall–Kier alpha value is -1.14. The summed E-state index contributed by atoms with van der Waals surface area (Å²) in [6, 6.07) is -0.348. The SMILES string of the molecule is CCC(C(=O)NN)N(CC)CC(=O)N(C)C. The molecule has 3 N–H and O–H groups in total. The lowest BCUT2D eigenvalue weighted by Gasteiger charge is -2.28. The number of hydrogen-bond acceptors (Lipinski definition) is 4. The third-order valence-electron chi connectivity index (χ3n) is 2.52. The average molecular weight is 230 g/mol. The molecule has 0 spiro atoms. The topological polar surface area (TPSA) is 78.7 Å². The second kappa shape index (κ2) is 7.19. The third-order valence-corrected chi connectivity index (χ3v) is 2.52. The molecule has 1 atom stereocenters. The Morgan fingerprint density at radius 3 is 2.19 bits per heavy atom. The number of nitrogens with two attached hydrogens (primary N) is 1. The zero-order valence-electron chi connectivity index (χ0n) is 10.5. The van der Waals surface area contributed by atoms with E-state index in [2.05, 4.69) is 5.43 Å². The van der Waals surface area contributed by atoms with Crippen molar-refractivity contribution in [2.45, 2.75) is 26.3 Å². The van der Waals surface area contributed by atoms with Crippen LogP contribution in [0.2, 0.25) is 0 Å². The van der Waals surface area contributed by atoms with E-state index in [1.54, 1.807) is 14.1 Å². The van der Waals surface area contributed by atoms with Gasteiger partial charge in [-0.05, 0) is 13.0 Å². The second-order valence-corrected chi connectivity index (χ2v) is 3.78. The predicted molar refractivity (Wildman–Crippen MR) is 62.4 cm³/mol. The minimum Gasteiger partial charge on any atom is -0.348 e. The molecule has 0 rings (SSSR count). The van der Waals surface area contributed by atoms with Gasteiger partial charge in [-0.3, -0.25) is 19.9 Å². The van der Waals surface area contributed by atoms with Crippen LogP contribution >= 0.6 is 0 Å². The van der Waals surface area contributed by atoms with Crippen LogP contribution in [-0.2, 0) is 9.59 Å². The van der Waals surface area contributed by atoms with Crippen molar-refractivity contribution in [2.24, 2.45) is 5.84 Å². The number of nitrogens with one attached hydrogen (secondary N) is 1. The van der Waals surface area contributed by atoms with E-state index in [9.17, 15) is 9.59 Å². The number of nitrogens with zero attached hydrogens (tertiary/aromatic N) is 2. The Kier molecular flexibility index (Phi) is 6.67. The Bertz CT molecular complexity index is 243. The van der Waals surface area contributed by atoms with Crippen molar-refractivity contribution in [1.29, 1.82) is 0 Å². The van der Waals surface area contributed by atoms with Crippen molar-refractivity contribution in [1.82, 2.24) is 15.2 Å². The first kappa shape index (κ1) is 14.9. The van der Waals surface area contributed by atoms with Crippen LogP contribution in [0.4, 0.5) is 0 Å². The molecule has 0 aromatic carbocycles. The molecule has 0 aromatic rings. The van der Waals surface area contributed by atoms with Crippen molar-refractivity contribution in [3.8, 4) is 0 Å². The van der Waals surface area contributed by atoms with Crippen LogP contribution < -0.4 is 11.3 Å². The molecule has 0 fully saturated rings. The maximum atomic E-state index is 11.6. The summed E-state index contributed by atoms with van der Waals surface area (Å²) in [6.07, 6.45) is 0.623. The van der Waals surface area contributed by atoms with Gasteiger partial charge in [0.2, 0.25) is 5.91 Å². The molecule has 0 aliphatic rings. The molecule has 2 amide bonds. The van der Waals surface area contributed by atoms with Gasteiger partial charge >= 0.3 is 0 Å². The monoisotopic (exact) mass is 230 g/mol. The molecular weight excluding hydrogens is 208 g/mol. The number of hydrazine groups is 1. The lowest BCUT2D eigenvalue weighted by molar-refractivity contribution is -0.133. The lowest BCUT2D eigenvalue weighted by atomic mass is 10.1. The summed E-state index contributed by atoms with van der Waals surface area (Å²) in [4.78, 5) is 26.4. The van der Waals surface area contributed by atoms with Gasteiger partial charge in [0.05, 0.1) is 12.6 Å². The molecule has 16 heavy (non-hydrogen) atoms. The van der Waals surface area contributed by atoms with Crippen LogP contribution in [0.1, 0.15) is 20.3 Å². The first-order chi connectivity index (χ1) is 7.47. The second-order valence-electron chi connectivity index (χ2n) is 3.78. The fourth-order valence-corrected chi connectivity index (χ4v) is 1.46. The van der Waals surface area contributed by atoms with Gasteiger partial charge in [-0.25, -0.2) is 5.84 Å². The van der Waals surface area contributed by atoms with E-state index in [0.29, 0.717) is 13.0 Å². The standard InChI is InChI=1S/C10H22N4O2/c1-5-8(10(16)12-11)14(6-2)7-9(15)13(3)4/h8H,5-7,11H2,1-4H3,(H,12,16). The Labute approximate surface area is 96.7 Å². The zero-order chi connectivity index (χ0) is 12.7. The number of carbonyl (C=O) groups is 2. The van der Waals surface area contributed by atoms with E-state index >= 15 is 0 Å². The third kappa shape index (κ3) is 4.16. The van der Waals surface area contributed by atoms with Gasteiger partial charge in [-0.2, -0.15) is 0 Å². The largest absolute Gasteiger partial charge is 0.348 e. The molecule has 0 aliphatic carbocycles. The number of rotatable bonds is 6. The molecule has 1 unspecified atom stereocenters. The van der Waals surface area contributed by atoms with Gasteiger partial charge in [0.15, 0.2) is 0 Å². The van der Waals surface area contributed by atoms with Crippen molar-refractivity contribution in [3.63, 3.8) is 0 Å². The molecule has 6 heteroatoms. The van der Waals surface area contributed by atoms with Crippen LogP contribution in [0.25, 0.3) is 0 Å². The van der Waals surface area contributed by atoms with Crippen molar-refractivity contribution >= 4 is 11.8 Å². The van der Waals surface area contributed by atoms with Crippen LogP contribution in [-0.4, -0.2) is 54.8 Å². The maximum absolute atomic E-state index is 11.6. The summed E-state index contributed by atoms with van der Waals surface area (Å²) in [5, 5.41) is 0.